The van der Waals surface area contributed by atoms with Gasteiger partial charge in [-0.05, 0) is 31.0 Å². The summed E-state index contributed by atoms with van der Waals surface area (Å²) in [5.41, 5.74) is 9.44. The van der Waals surface area contributed by atoms with Gasteiger partial charge in [0.25, 0.3) is 0 Å². The Bertz CT molecular complexity index is 512. The van der Waals surface area contributed by atoms with Crippen LogP contribution in [0.1, 0.15) is 12.8 Å². The average Bonchev–Trinajstić information content (AvgIpc) is 2.82. The molecule has 0 atom stereocenters. The molecule has 4 heteroatoms. The van der Waals surface area contributed by atoms with Gasteiger partial charge in [-0.1, -0.05) is 0 Å². The largest absolute Gasteiger partial charge is 0.373 e. The zero-order valence-corrected chi connectivity index (χ0v) is 9.40. The number of hydrogen-bond acceptors (Lipinski definition) is 3. The van der Waals surface area contributed by atoms with Gasteiger partial charge >= 0.3 is 0 Å². The van der Waals surface area contributed by atoms with E-state index in [0.717, 1.165) is 30.4 Å². The number of nitrogens with zero attached hydrogens (tertiary/aromatic N) is 2. The number of hydrogen-bond donors (Lipinski definition) is 2. The van der Waals surface area contributed by atoms with Gasteiger partial charge in [0.15, 0.2) is 0 Å². The first-order chi connectivity index (χ1) is 7.66. The fourth-order valence-electron chi connectivity index (χ4n) is 2.04. The number of H-pyrrole nitrogens is 1. The number of likely N-dealkylation sites (N-methyl/N-ethyl adjacent to an activating group) is 1. The predicted octanol–water partition coefficient (Wildman–Crippen LogP) is 1.49. The first-order valence-corrected chi connectivity index (χ1v) is 5.59. The number of aromatic amines is 1. The van der Waals surface area contributed by atoms with Crippen LogP contribution in [0, 0.1) is 0 Å². The molecular weight excluding hydrogens is 200 g/mol. The zero-order valence-electron chi connectivity index (χ0n) is 9.40. The number of imidazole rings is 1. The summed E-state index contributed by atoms with van der Waals surface area (Å²) < 4.78 is 0. The number of nitrogens with one attached hydrogen (secondary N) is 1. The number of fused-ring (bicyclic) bond motifs is 1. The van der Waals surface area contributed by atoms with Gasteiger partial charge in [-0.15, -0.1) is 0 Å². The van der Waals surface area contributed by atoms with Crippen molar-refractivity contribution in [1.82, 2.24) is 9.97 Å². The minimum atomic E-state index is 0.0533. The Morgan fingerprint density at radius 2 is 2.31 bits per heavy atom. The summed E-state index contributed by atoms with van der Waals surface area (Å²) in [5.74, 6) is 0. The van der Waals surface area contributed by atoms with Crippen LogP contribution in [0.2, 0.25) is 0 Å². The van der Waals surface area contributed by atoms with Crippen molar-refractivity contribution in [3.63, 3.8) is 0 Å². The van der Waals surface area contributed by atoms with E-state index in [4.69, 9.17) is 5.73 Å². The highest BCUT2D eigenvalue weighted by Gasteiger charge is 2.39. The lowest BCUT2D eigenvalue weighted by Crippen LogP contribution is -2.37. The number of nitrogens with two attached hydrogens (primary N) is 1. The van der Waals surface area contributed by atoms with Crippen LogP contribution in [0.4, 0.5) is 5.69 Å². The second kappa shape index (κ2) is 3.22. The monoisotopic (exact) mass is 216 g/mol. The van der Waals surface area contributed by atoms with Gasteiger partial charge in [-0.2, -0.15) is 0 Å². The van der Waals surface area contributed by atoms with Crippen molar-refractivity contribution < 1.29 is 0 Å². The summed E-state index contributed by atoms with van der Waals surface area (Å²) in [6.45, 7) is 0.923. The highest BCUT2D eigenvalue weighted by atomic mass is 15.1. The highest BCUT2D eigenvalue weighted by molar-refractivity contribution is 5.79. The van der Waals surface area contributed by atoms with Crippen LogP contribution >= 0.6 is 0 Å². The van der Waals surface area contributed by atoms with Crippen molar-refractivity contribution in [3.8, 4) is 0 Å². The van der Waals surface area contributed by atoms with Crippen molar-refractivity contribution in [1.29, 1.82) is 0 Å². The summed E-state index contributed by atoms with van der Waals surface area (Å²) in [6, 6.07) is 6.25. The van der Waals surface area contributed by atoms with E-state index in [9.17, 15) is 0 Å². The average molecular weight is 216 g/mol. The van der Waals surface area contributed by atoms with Gasteiger partial charge in [0.1, 0.15) is 0 Å². The van der Waals surface area contributed by atoms with E-state index in [1.807, 2.05) is 6.07 Å². The molecule has 0 unspecified atom stereocenters. The lowest BCUT2D eigenvalue weighted by atomic mass is 10.2. The maximum atomic E-state index is 6.12. The lowest BCUT2D eigenvalue weighted by molar-refractivity contribution is 0.661. The van der Waals surface area contributed by atoms with E-state index in [-0.39, 0.29) is 5.54 Å². The van der Waals surface area contributed by atoms with Crippen LogP contribution in [0.3, 0.4) is 0 Å². The molecule has 1 fully saturated rings. The normalized spacial score (nSPS) is 17.6. The summed E-state index contributed by atoms with van der Waals surface area (Å²) >= 11 is 0. The van der Waals surface area contributed by atoms with E-state index in [2.05, 4.69) is 34.0 Å². The first-order valence-electron chi connectivity index (χ1n) is 5.59. The predicted molar refractivity (Wildman–Crippen MR) is 65.5 cm³/mol. The van der Waals surface area contributed by atoms with Crippen LogP contribution in [0.15, 0.2) is 24.5 Å². The van der Waals surface area contributed by atoms with Crippen LogP contribution in [0.5, 0.6) is 0 Å². The van der Waals surface area contributed by atoms with Crippen molar-refractivity contribution >= 4 is 16.7 Å². The Hall–Kier alpha value is -1.55. The molecule has 0 bridgehead atoms. The maximum Gasteiger partial charge on any atom is 0.0931 e. The zero-order chi connectivity index (χ0) is 11.2. The minimum absolute atomic E-state index is 0.0533. The Morgan fingerprint density at radius 3 is 3.06 bits per heavy atom. The van der Waals surface area contributed by atoms with Crippen molar-refractivity contribution in [2.75, 3.05) is 18.5 Å². The highest BCUT2D eigenvalue weighted by Crippen LogP contribution is 2.34. The molecule has 1 saturated carbocycles. The molecule has 0 saturated heterocycles. The molecule has 16 heavy (non-hydrogen) atoms. The van der Waals surface area contributed by atoms with Crippen molar-refractivity contribution in [2.45, 2.75) is 18.4 Å². The third kappa shape index (κ3) is 1.65. The van der Waals surface area contributed by atoms with E-state index in [1.54, 1.807) is 6.33 Å². The lowest BCUT2D eigenvalue weighted by Gasteiger charge is -2.23. The topological polar surface area (TPSA) is 57.9 Å². The second-order valence-corrected chi connectivity index (χ2v) is 4.82. The molecule has 0 aliphatic heterocycles. The van der Waals surface area contributed by atoms with Crippen LogP contribution in [-0.2, 0) is 0 Å². The summed E-state index contributed by atoms with van der Waals surface area (Å²) in [5, 5.41) is 0. The van der Waals surface area contributed by atoms with E-state index in [0.29, 0.717) is 0 Å². The van der Waals surface area contributed by atoms with Crippen LogP contribution in [-0.4, -0.2) is 29.1 Å². The van der Waals surface area contributed by atoms with Gasteiger partial charge < -0.3 is 15.6 Å². The molecule has 0 amide bonds. The molecular formula is C12H16N4. The molecule has 3 rings (SSSR count). The summed E-state index contributed by atoms with van der Waals surface area (Å²) in [4.78, 5) is 9.55. The van der Waals surface area contributed by atoms with Crippen LogP contribution in [0.25, 0.3) is 11.0 Å². The Balaban J connectivity index is 1.86. The Kier molecular flexibility index (Phi) is 1.94. The number of anilines is 1. The molecule has 3 N–H and O–H groups in total. The molecule has 1 aromatic heterocycles. The molecule has 1 heterocycles. The fourth-order valence-corrected chi connectivity index (χ4v) is 2.04. The number of rotatable bonds is 3. The Labute approximate surface area is 94.5 Å². The van der Waals surface area contributed by atoms with Gasteiger partial charge in [0.2, 0.25) is 0 Å². The smallest absolute Gasteiger partial charge is 0.0931 e. The molecule has 2 aromatic rings. The quantitative estimate of drug-likeness (QED) is 0.817. The standard InChI is InChI=1S/C12H16N4/c1-16(7-12(13)4-5-12)9-2-3-10-11(6-9)15-8-14-10/h2-3,6,8H,4-5,7,13H2,1H3,(H,14,15). The second-order valence-electron chi connectivity index (χ2n) is 4.82. The first kappa shape index (κ1) is 9.66. The van der Waals surface area contributed by atoms with Crippen molar-refractivity contribution in [2.24, 2.45) is 5.73 Å². The summed E-state index contributed by atoms with van der Waals surface area (Å²) in [7, 11) is 2.09. The van der Waals surface area contributed by atoms with Gasteiger partial charge in [0.05, 0.1) is 17.4 Å². The molecule has 0 radical (unpaired) electrons. The molecule has 1 aliphatic carbocycles. The third-order valence-electron chi connectivity index (χ3n) is 3.29. The fraction of sp³-hybridized carbons (Fsp3) is 0.417. The van der Waals surface area contributed by atoms with Gasteiger partial charge in [-0.3, -0.25) is 0 Å². The summed E-state index contributed by atoms with van der Waals surface area (Å²) in [6.07, 6.45) is 4.01. The molecule has 1 aromatic carbocycles. The van der Waals surface area contributed by atoms with Crippen LogP contribution < -0.4 is 10.6 Å². The van der Waals surface area contributed by atoms with E-state index >= 15 is 0 Å². The molecule has 0 spiro atoms. The van der Waals surface area contributed by atoms with E-state index in [1.165, 1.54) is 5.69 Å². The minimum Gasteiger partial charge on any atom is -0.373 e. The molecule has 1 aliphatic rings. The van der Waals surface area contributed by atoms with Gasteiger partial charge in [-0.25, -0.2) is 4.98 Å². The van der Waals surface area contributed by atoms with Gasteiger partial charge in [0, 0.05) is 24.8 Å². The SMILES string of the molecule is CN(CC1(N)CC1)c1ccc2nc[nH]c2c1. The third-order valence-corrected chi connectivity index (χ3v) is 3.29. The molecule has 84 valence electrons. The maximum absolute atomic E-state index is 6.12. The molecule has 4 nitrogen and oxygen atoms in total. The number of benzene rings is 1. The number of aromatic nitrogens is 2. The van der Waals surface area contributed by atoms with Crippen molar-refractivity contribution in [3.05, 3.63) is 24.5 Å². The Morgan fingerprint density at radius 1 is 1.50 bits per heavy atom. The van der Waals surface area contributed by atoms with E-state index < -0.39 is 0 Å².